The Labute approximate surface area is 118 Å². The molecule has 0 saturated carbocycles. The van der Waals surface area contributed by atoms with Crippen molar-refractivity contribution in [2.75, 3.05) is 11.9 Å². The SMILES string of the molecule is O=C(CC1CCOc2ccccc21)Nc1ccccc1. The van der Waals surface area contributed by atoms with Gasteiger partial charge >= 0.3 is 0 Å². The Kier molecular flexibility index (Phi) is 3.68. The molecule has 1 N–H and O–H groups in total. The largest absolute Gasteiger partial charge is 0.493 e. The molecule has 0 radical (unpaired) electrons. The second-order valence-corrected chi connectivity index (χ2v) is 4.99. The topological polar surface area (TPSA) is 38.3 Å². The molecule has 2 aromatic rings. The second kappa shape index (κ2) is 5.78. The molecule has 1 atom stereocenters. The number of nitrogens with one attached hydrogen (secondary N) is 1. The molecule has 1 aliphatic heterocycles. The second-order valence-electron chi connectivity index (χ2n) is 4.99. The van der Waals surface area contributed by atoms with E-state index >= 15 is 0 Å². The smallest absolute Gasteiger partial charge is 0.224 e. The third-order valence-electron chi connectivity index (χ3n) is 3.57. The Hall–Kier alpha value is -2.29. The Morgan fingerprint density at radius 3 is 2.70 bits per heavy atom. The fraction of sp³-hybridized carbons (Fsp3) is 0.235. The van der Waals surface area contributed by atoms with E-state index in [2.05, 4.69) is 11.4 Å². The van der Waals surface area contributed by atoms with Crippen LogP contribution in [-0.2, 0) is 4.79 Å². The maximum absolute atomic E-state index is 12.1. The lowest BCUT2D eigenvalue weighted by atomic mass is 9.90. The van der Waals surface area contributed by atoms with E-state index in [1.165, 1.54) is 0 Å². The minimum absolute atomic E-state index is 0.0536. The molecule has 3 rings (SSSR count). The van der Waals surface area contributed by atoms with Crippen molar-refractivity contribution >= 4 is 11.6 Å². The summed E-state index contributed by atoms with van der Waals surface area (Å²) in [4.78, 5) is 12.1. The number of hydrogen-bond acceptors (Lipinski definition) is 2. The molecule has 3 heteroatoms. The standard InChI is InChI=1S/C17H17NO2/c19-17(18-14-6-2-1-3-7-14)12-13-10-11-20-16-9-5-4-8-15(13)16/h1-9,13H,10-12H2,(H,18,19). The summed E-state index contributed by atoms with van der Waals surface area (Å²) in [6.07, 6.45) is 1.38. The summed E-state index contributed by atoms with van der Waals surface area (Å²) in [5.74, 6) is 1.21. The van der Waals surface area contributed by atoms with Gasteiger partial charge < -0.3 is 10.1 Å². The molecule has 102 valence electrons. The fourth-order valence-corrected chi connectivity index (χ4v) is 2.59. The summed E-state index contributed by atoms with van der Waals surface area (Å²) in [5, 5.41) is 2.94. The van der Waals surface area contributed by atoms with Crippen LogP contribution in [0, 0.1) is 0 Å². The van der Waals surface area contributed by atoms with E-state index in [1.54, 1.807) is 0 Å². The highest BCUT2D eigenvalue weighted by Gasteiger charge is 2.23. The average Bonchev–Trinajstić information content (AvgIpc) is 2.48. The molecule has 20 heavy (non-hydrogen) atoms. The van der Waals surface area contributed by atoms with E-state index in [0.29, 0.717) is 13.0 Å². The van der Waals surface area contributed by atoms with Crippen LogP contribution in [0.5, 0.6) is 5.75 Å². The van der Waals surface area contributed by atoms with Gasteiger partial charge in [0.25, 0.3) is 0 Å². The van der Waals surface area contributed by atoms with Gasteiger partial charge in [-0.05, 0) is 36.1 Å². The Bertz CT molecular complexity index is 595. The monoisotopic (exact) mass is 267 g/mol. The molecular formula is C17H17NO2. The number of rotatable bonds is 3. The van der Waals surface area contributed by atoms with Crippen LogP contribution in [0.25, 0.3) is 0 Å². The predicted octanol–water partition coefficient (Wildman–Crippen LogP) is 3.58. The van der Waals surface area contributed by atoms with Gasteiger partial charge in [-0.1, -0.05) is 36.4 Å². The van der Waals surface area contributed by atoms with Crippen molar-refractivity contribution in [3.63, 3.8) is 0 Å². The average molecular weight is 267 g/mol. The molecule has 3 nitrogen and oxygen atoms in total. The van der Waals surface area contributed by atoms with Gasteiger partial charge in [-0.3, -0.25) is 4.79 Å². The van der Waals surface area contributed by atoms with Crippen LogP contribution in [-0.4, -0.2) is 12.5 Å². The first-order valence-electron chi connectivity index (χ1n) is 6.89. The number of anilines is 1. The van der Waals surface area contributed by atoms with E-state index in [1.807, 2.05) is 48.5 Å². The number of para-hydroxylation sites is 2. The molecule has 2 aromatic carbocycles. The molecule has 0 aliphatic carbocycles. The van der Waals surface area contributed by atoms with E-state index in [4.69, 9.17) is 4.74 Å². The van der Waals surface area contributed by atoms with Crippen molar-refractivity contribution in [1.29, 1.82) is 0 Å². The zero-order valence-corrected chi connectivity index (χ0v) is 11.2. The number of benzene rings is 2. The first kappa shape index (κ1) is 12.7. The summed E-state index contributed by atoms with van der Waals surface area (Å²) < 4.78 is 5.62. The zero-order chi connectivity index (χ0) is 13.8. The van der Waals surface area contributed by atoms with Gasteiger partial charge in [0.1, 0.15) is 5.75 Å². The van der Waals surface area contributed by atoms with Crippen LogP contribution in [0.1, 0.15) is 24.3 Å². The summed E-state index contributed by atoms with van der Waals surface area (Å²) in [5.41, 5.74) is 1.99. The third kappa shape index (κ3) is 2.82. The van der Waals surface area contributed by atoms with E-state index in [9.17, 15) is 4.79 Å². The van der Waals surface area contributed by atoms with Crippen LogP contribution >= 0.6 is 0 Å². The van der Waals surface area contributed by atoms with Gasteiger partial charge in [0.15, 0.2) is 0 Å². The van der Waals surface area contributed by atoms with Crippen LogP contribution in [0.3, 0.4) is 0 Å². The Morgan fingerprint density at radius 2 is 1.85 bits per heavy atom. The van der Waals surface area contributed by atoms with Gasteiger partial charge in [0.2, 0.25) is 5.91 Å². The predicted molar refractivity (Wildman–Crippen MR) is 79.0 cm³/mol. The van der Waals surface area contributed by atoms with E-state index in [-0.39, 0.29) is 11.8 Å². The lowest BCUT2D eigenvalue weighted by Gasteiger charge is -2.25. The highest BCUT2D eigenvalue weighted by molar-refractivity contribution is 5.91. The summed E-state index contributed by atoms with van der Waals surface area (Å²) in [6.45, 7) is 0.681. The molecular weight excluding hydrogens is 250 g/mol. The summed E-state index contributed by atoms with van der Waals surface area (Å²) >= 11 is 0. The van der Waals surface area contributed by atoms with Gasteiger partial charge in [0, 0.05) is 12.1 Å². The quantitative estimate of drug-likeness (QED) is 0.923. The van der Waals surface area contributed by atoms with Crippen molar-refractivity contribution in [3.8, 4) is 5.75 Å². The normalized spacial score (nSPS) is 16.9. The number of carbonyl (C=O) groups excluding carboxylic acids is 1. The molecule has 0 aromatic heterocycles. The summed E-state index contributed by atoms with van der Waals surface area (Å²) in [6, 6.07) is 17.5. The van der Waals surface area contributed by atoms with Crippen molar-refractivity contribution in [2.45, 2.75) is 18.8 Å². The molecule has 1 heterocycles. The number of amides is 1. The first-order chi connectivity index (χ1) is 9.83. The lowest BCUT2D eigenvalue weighted by molar-refractivity contribution is -0.116. The maximum Gasteiger partial charge on any atom is 0.224 e. The number of carbonyl (C=O) groups is 1. The molecule has 0 fully saturated rings. The highest BCUT2D eigenvalue weighted by atomic mass is 16.5. The minimum atomic E-state index is 0.0536. The van der Waals surface area contributed by atoms with Crippen LogP contribution in [0.4, 0.5) is 5.69 Å². The number of fused-ring (bicyclic) bond motifs is 1. The lowest BCUT2D eigenvalue weighted by Crippen LogP contribution is -2.20. The van der Waals surface area contributed by atoms with Crippen molar-refractivity contribution < 1.29 is 9.53 Å². The van der Waals surface area contributed by atoms with E-state index in [0.717, 1.165) is 23.4 Å². The van der Waals surface area contributed by atoms with Crippen molar-refractivity contribution in [1.82, 2.24) is 0 Å². The van der Waals surface area contributed by atoms with Crippen molar-refractivity contribution in [3.05, 3.63) is 60.2 Å². The van der Waals surface area contributed by atoms with Crippen molar-refractivity contribution in [2.24, 2.45) is 0 Å². The van der Waals surface area contributed by atoms with Crippen LogP contribution in [0.15, 0.2) is 54.6 Å². The molecule has 0 spiro atoms. The fourth-order valence-electron chi connectivity index (χ4n) is 2.59. The molecule has 1 unspecified atom stereocenters. The first-order valence-corrected chi connectivity index (χ1v) is 6.89. The van der Waals surface area contributed by atoms with E-state index < -0.39 is 0 Å². The van der Waals surface area contributed by atoms with Crippen LogP contribution in [0.2, 0.25) is 0 Å². The number of ether oxygens (including phenoxy) is 1. The zero-order valence-electron chi connectivity index (χ0n) is 11.2. The third-order valence-corrected chi connectivity index (χ3v) is 3.57. The van der Waals surface area contributed by atoms with Gasteiger partial charge in [-0.15, -0.1) is 0 Å². The van der Waals surface area contributed by atoms with Gasteiger partial charge in [-0.2, -0.15) is 0 Å². The molecule has 1 amide bonds. The maximum atomic E-state index is 12.1. The molecule has 1 aliphatic rings. The van der Waals surface area contributed by atoms with Gasteiger partial charge in [0.05, 0.1) is 6.61 Å². The highest BCUT2D eigenvalue weighted by Crippen LogP contribution is 2.35. The molecule has 0 bridgehead atoms. The van der Waals surface area contributed by atoms with Gasteiger partial charge in [-0.25, -0.2) is 0 Å². The molecule has 0 saturated heterocycles. The number of hydrogen-bond donors (Lipinski definition) is 1. The summed E-state index contributed by atoms with van der Waals surface area (Å²) in [7, 11) is 0. The van der Waals surface area contributed by atoms with Crippen LogP contribution < -0.4 is 10.1 Å². The minimum Gasteiger partial charge on any atom is -0.493 e. The Morgan fingerprint density at radius 1 is 1.10 bits per heavy atom. The Balaban J connectivity index is 1.68.